The van der Waals surface area contributed by atoms with Gasteiger partial charge < -0.3 is 10.5 Å². The number of amides is 2. The van der Waals surface area contributed by atoms with E-state index in [1.54, 1.807) is 12.1 Å². The molecule has 1 unspecified atom stereocenters. The fraction of sp³-hybridized carbons (Fsp3) is 0.171. The number of nitrogen functional groups attached to an aromatic ring is 1. The third-order valence-electron chi connectivity index (χ3n) is 7.40. The summed E-state index contributed by atoms with van der Waals surface area (Å²) in [5, 5.41) is 18.7. The molecule has 1 fully saturated rings. The van der Waals surface area contributed by atoms with Crippen LogP contribution in [0.2, 0.25) is 0 Å². The van der Waals surface area contributed by atoms with E-state index in [-0.39, 0.29) is 51.3 Å². The summed E-state index contributed by atoms with van der Waals surface area (Å²) in [6.45, 7) is 3.18. The normalized spacial score (nSPS) is 14.2. The highest BCUT2D eigenvalue weighted by molar-refractivity contribution is 8.00. The second kappa shape index (κ2) is 13.5. The van der Waals surface area contributed by atoms with Crippen LogP contribution in [0.5, 0.6) is 0 Å². The SMILES string of the molecule is CC(C)c1c(C#N)c(N)nc(SC2CC(=O)N(c3ccc(C(=O)OCC(=O)c4ccc(-c5ccccc5)cc4)cc3)C2=O)c1C#N. The summed E-state index contributed by atoms with van der Waals surface area (Å²) in [7, 11) is 0. The molecule has 1 aliphatic rings. The quantitative estimate of drug-likeness (QED) is 0.139. The highest BCUT2D eigenvalue weighted by atomic mass is 32.2. The standard InChI is InChI=1S/C35H27N5O5S/c1-20(2)31-26(17-36)32(38)39-33(27(31)18-37)46-29-16-30(42)40(34(29)43)25-14-12-24(13-15-25)35(44)45-19-28(41)23-10-8-22(9-11-23)21-6-4-3-5-7-21/h3-15,20,29H,16,19H2,1-2H3,(H2,38,39). The van der Waals surface area contributed by atoms with Gasteiger partial charge in [0.15, 0.2) is 12.4 Å². The van der Waals surface area contributed by atoms with Crippen molar-refractivity contribution in [1.29, 1.82) is 10.5 Å². The number of thioether (sulfide) groups is 1. The number of nitrogens with two attached hydrogens (primary N) is 1. The van der Waals surface area contributed by atoms with Gasteiger partial charge in [-0.15, -0.1) is 0 Å². The Labute approximate surface area is 269 Å². The number of nitriles is 2. The van der Waals surface area contributed by atoms with Gasteiger partial charge in [-0.05, 0) is 46.9 Å². The van der Waals surface area contributed by atoms with Crippen LogP contribution in [0.1, 0.15) is 63.6 Å². The molecule has 1 atom stereocenters. The van der Waals surface area contributed by atoms with E-state index in [0.717, 1.165) is 27.8 Å². The topological polar surface area (TPSA) is 167 Å². The molecule has 0 aliphatic carbocycles. The molecule has 2 heterocycles. The zero-order chi connectivity index (χ0) is 33.0. The monoisotopic (exact) mass is 629 g/mol. The van der Waals surface area contributed by atoms with E-state index in [4.69, 9.17) is 10.5 Å². The molecule has 2 N–H and O–H groups in total. The number of esters is 1. The van der Waals surface area contributed by atoms with Crippen molar-refractivity contribution in [3.63, 3.8) is 0 Å². The molecule has 0 radical (unpaired) electrons. The van der Waals surface area contributed by atoms with Gasteiger partial charge in [0.05, 0.1) is 27.6 Å². The number of pyridine rings is 1. The van der Waals surface area contributed by atoms with Crippen LogP contribution in [0.15, 0.2) is 83.9 Å². The highest BCUT2D eigenvalue weighted by Crippen LogP contribution is 2.38. The molecule has 0 bridgehead atoms. The number of ketones is 1. The third kappa shape index (κ3) is 6.36. The average Bonchev–Trinajstić information content (AvgIpc) is 3.35. The maximum Gasteiger partial charge on any atom is 0.338 e. The number of carbonyl (C=O) groups is 4. The second-order valence-electron chi connectivity index (χ2n) is 10.7. The van der Waals surface area contributed by atoms with Crippen molar-refractivity contribution < 1.29 is 23.9 Å². The molecule has 1 aromatic heterocycles. The zero-order valence-corrected chi connectivity index (χ0v) is 25.7. The molecule has 4 aromatic rings. The predicted octanol–water partition coefficient (Wildman–Crippen LogP) is 5.66. The minimum Gasteiger partial charge on any atom is -0.454 e. The molecular weight excluding hydrogens is 602 g/mol. The Kier molecular flexibility index (Phi) is 9.26. The van der Waals surface area contributed by atoms with Crippen molar-refractivity contribution in [1.82, 2.24) is 4.98 Å². The fourth-order valence-corrected chi connectivity index (χ4v) is 6.24. The lowest BCUT2D eigenvalue weighted by Gasteiger charge is -2.17. The Morgan fingerprint density at radius 1 is 0.935 bits per heavy atom. The summed E-state index contributed by atoms with van der Waals surface area (Å²) < 4.78 is 5.22. The minimum atomic E-state index is -0.878. The third-order valence-corrected chi connectivity index (χ3v) is 8.57. The Bertz CT molecular complexity index is 1930. The largest absolute Gasteiger partial charge is 0.454 e. The van der Waals surface area contributed by atoms with Crippen LogP contribution in [0.3, 0.4) is 0 Å². The summed E-state index contributed by atoms with van der Waals surface area (Å²) in [5.41, 5.74) is 9.48. The van der Waals surface area contributed by atoms with Crippen molar-refractivity contribution in [2.24, 2.45) is 0 Å². The molecule has 5 rings (SSSR count). The molecular formula is C35H27N5O5S. The van der Waals surface area contributed by atoms with Gasteiger partial charge >= 0.3 is 5.97 Å². The van der Waals surface area contributed by atoms with Gasteiger partial charge in [0, 0.05) is 12.0 Å². The molecule has 0 saturated carbocycles. The van der Waals surface area contributed by atoms with Crippen LogP contribution in [-0.4, -0.2) is 40.4 Å². The summed E-state index contributed by atoms with van der Waals surface area (Å²) in [6.07, 6.45) is -0.148. The predicted molar refractivity (Wildman–Crippen MR) is 172 cm³/mol. The summed E-state index contributed by atoms with van der Waals surface area (Å²) in [4.78, 5) is 56.8. The molecule has 1 saturated heterocycles. The number of nitrogens with zero attached hydrogens (tertiary/aromatic N) is 4. The first-order chi connectivity index (χ1) is 22.1. The molecule has 46 heavy (non-hydrogen) atoms. The average molecular weight is 630 g/mol. The van der Waals surface area contributed by atoms with Gasteiger partial charge in [-0.25, -0.2) is 14.7 Å². The fourth-order valence-electron chi connectivity index (χ4n) is 5.11. The number of carbonyl (C=O) groups excluding carboxylic acids is 4. The van der Waals surface area contributed by atoms with Crippen LogP contribution in [0.25, 0.3) is 11.1 Å². The zero-order valence-electron chi connectivity index (χ0n) is 24.9. The van der Waals surface area contributed by atoms with Crippen molar-refractivity contribution in [2.45, 2.75) is 36.5 Å². The molecule has 228 valence electrons. The molecule has 2 amide bonds. The number of anilines is 2. The van der Waals surface area contributed by atoms with Crippen LogP contribution in [0.4, 0.5) is 11.5 Å². The number of aromatic nitrogens is 1. The number of hydrogen-bond donors (Lipinski definition) is 1. The van der Waals surface area contributed by atoms with Gasteiger partial charge in [0.1, 0.15) is 23.0 Å². The van der Waals surface area contributed by atoms with Crippen LogP contribution in [-0.2, 0) is 14.3 Å². The Morgan fingerprint density at radius 3 is 2.15 bits per heavy atom. The minimum absolute atomic E-state index is 0.0496. The van der Waals surface area contributed by atoms with Crippen molar-refractivity contribution in [2.75, 3.05) is 17.2 Å². The number of benzene rings is 3. The van der Waals surface area contributed by atoms with Gasteiger partial charge in [-0.3, -0.25) is 14.4 Å². The second-order valence-corrected chi connectivity index (χ2v) is 11.9. The summed E-state index contributed by atoms with van der Waals surface area (Å²) in [5.74, 6) is -2.34. The molecule has 1 aliphatic heterocycles. The number of imide groups is 1. The lowest BCUT2D eigenvalue weighted by Crippen LogP contribution is -2.31. The van der Waals surface area contributed by atoms with E-state index < -0.39 is 29.6 Å². The van der Waals surface area contributed by atoms with E-state index in [1.807, 2.05) is 62.4 Å². The van der Waals surface area contributed by atoms with Gasteiger partial charge in [-0.1, -0.05) is 80.2 Å². The maximum absolute atomic E-state index is 13.3. The van der Waals surface area contributed by atoms with E-state index in [0.29, 0.717) is 11.1 Å². The Morgan fingerprint density at radius 2 is 1.54 bits per heavy atom. The maximum atomic E-state index is 13.3. The first-order valence-corrected chi connectivity index (χ1v) is 15.1. The lowest BCUT2D eigenvalue weighted by atomic mass is 9.94. The first kappa shape index (κ1) is 31.6. The number of ether oxygens (including phenoxy) is 1. The van der Waals surface area contributed by atoms with Crippen molar-refractivity contribution in [3.05, 3.63) is 107 Å². The first-order valence-electron chi connectivity index (χ1n) is 14.3. The van der Waals surface area contributed by atoms with Gasteiger partial charge in [0.2, 0.25) is 11.8 Å². The number of Topliss-reactive ketones (excluding diaryl/α,β-unsaturated/α-hetero) is 1. The molecule has 3 aromatic carbocycles. The van der Waals surface area contributed by atoms with E-state index in [2.05, 4.69) is 11.1 Å². The number of hydrogen-bond acceptors (Lipinski definition) is 10. The Hall–Kier alpha value is -5.78. The van der Waals surface area contributed by atoms with Gasteiger partial charge in [0.25, 0.3) is 0 Å². The van der Waals surface area contributed by atoms with Crippen molar-refractivity contribution in [3.8, 4) is 23.3 Å². The molecule has 10 nitrogen and oxygen atoms in total. The van der Waals surface area contributed by atoms with Crippen LogP contribution >= 0.6 is 11.8 Å². The van der Waals surface area contributed by atoms with E-state index in [1.165, 1.54) is 24.3 Å². The Balaban J connectivity index is 1.23. The van der Waals surface area contributed by atoms with E-state index >= 15 is 0 Å². The van der Waals surface area contributed by atoms with Crippen LogP contribution in [0, 0.1) is 22.7 Å². The molecule has 0 spiro atoms. The molecule has 11 heteroatoms. The number of rotatable bonds is 9. The van der Waals surface area contributed by atoms with Crippen molar-refractivity contribution >= 4 is 46.8 Å². The van der Waals surface area contributed by atoms with Gasteiger partial charge in [-0.2, -0.15) is 10.5 Å². The smallest absolute Gasteiger partial charge is 0.338 e. The summed E-state index contributed by atoms with van der Waals surface area (Å²) in [6, 6.07) is 26.5. The lowest BCUT2D eigenvalue weighted by molar-refractivity contribution is -0.121. The van der Waals surface area contributed by atoms with E-state index in [9.17, 15) is 29.7 Å². The van der Waals surface area contributed by atoms with Crippen LogP contribution < -0.4 is 10.6 Å². The highest BCUT2D eigenvalue weighted by Gasteiger charge is 2.41. The summed E-state index contributed by atoms with van der Waals surface area (Å²) >= 11 is 0.951.